The summed E-state index contributed by atoms with van der Waals surface area (Å²) >= 11 is 0. The molecule has 5 rings (SSSR count). The number of methoxy groups -OCH3 is 2. The molecular formula is C27H28N4O9. The lowest BCUT2D eigenvalue weighted by molar-refractivity contribution is -0.153. The smallest absolute Gasteiger partial charge is 0.319 e. The van der Waals surface area contributed by atoms with Crippen LogP contribution in [0.3, 0.4) is 0 Å². The van der Waals surface area contributed by atoms with Gasteiger partial charge in [-0.25, -0.2) is 4.98 Å². The summed E-state index contributed by atoms with van der Waals surface area (Å²) in [5.74, 6) is -6.98. The molecule has 6 N–H and O–H groups in total. The topological polar surface area (TPSA) is 206 Å². The molecule has 1 heterocycles. The minimum Gasteiger partial charge on any atom is -0.508 e. The Bertz CT molecular complexity index is 1550. The third-order valence-electron chi connectivity index (χ3n) is 8.00. The van der Waals surface area contributed by atoms with E-state index in [-0.39, 0.29) is 41.6 Å². The van der Waals surface area contributed by atoms with E-state index >= 15 is 0 Å². The molecule has 1 aromatic heterocycles. The van der Waals surface area contributed by atoms with E-state index < -0.39 is 58.0 Å². The van der Waals surface area contributed by atoms with Gasteiger partial charge in [0.25, 0.3) is 5.91 Å². The molecule has 0 saturated heterocycles. The van der Waals surface area contributed by atoms with Gasteiger partial charge in [-0.05, 0) is 50.0 Å². The fraction of sp³-hybridized carbons (Fsp3) is 0.370. The van der Waals surface area contributed by atoms with Gasteiger partial charge in [0.1, 0.15) is 22.8 Å². The molecule has 1 fully saturated rings. The lowest BCUT2D eigenvalue weighted by Gasteiger charge is -2.50. The van der Waals surface area contributed by atoms with Crippen molar-refractivity contribution in [2.75, 3.05) is 28.3 Å². The van der Waals surface area contributed by atoms with E-state index in [1.54, 1.807) is 20.2 Å². The fourth-order valence-electron chi connectivity index (χ4n) is 6.29. The van der Waals surface area contributed by atoms with E-state index in [0.29, 0.717) is 16.7 Å². The number of carbonyl (C=O) groups is 3. The summed E-state index contributed by atoms with van der Waals surface area (Å²) in [6.45, 7) is 0. The Balaban J connectivity index is 1.74. The van der Waals surface area contributed by atoms with Gasteiger partial charge >= 0.3 is 6.01 Å². The van der Waals surface area contributed by atoms with Crippen LogP contribution >= 0.6 is 0 Å². The van der Waals surface area contributed by atoms with Crippen molar-refractivity contribution in [3.8, 4) is 28.8 Å². The molecule has 0 unspecified atom stereocenters. The molecule has 0 bridgehead atoms. The molecule has 40 heavy (non-hydrogen) atoms. The molecule has 3 aliphatic rings. The number of likely N-dealkylation sites (N-methyl/N-ethyl adjacent to an activating group) is 1. The number of phenols is 1. The van der Waals surface area contributed by atoms with Crippen molar-refractivity contribution in [2.24, 2.45) is 17.6 Å². The number of nitrogens with zero attached hydrogens (tertiary/aromatic N) is 3. The van der Waals surface area contributed by atoms with Crippen LogP contribution in [0.4, 0.5) is 0 Å². The van der Waals surface area contributed by atoms with E-state index in [1.807, 2.05) is 0 Å². The number of fused-ring (bicyclic) bond motifs is 3. The van der Waals surface area contributed by atoms with Crippen molar-refractivity contribution >= 4 is 23.2 Å². The number of hydrogen-bond donors (Lipinski definition) is 5. The average Bonchev–Trinajstić information content (AvgIpc) is 2.90. The highest BCUT2D eigenvalue weighted by Gasteiger charge is 2.64. The van der Waals surface area contributed by atoms with Crippen molar-refractivity contribution in [3.05, 3.63) is 46.4 Å². The zero-order valence-electron chi connectivity index (χ0n) is 22.1. The van der Waals surface area contributed by atoms with Gasteiger partial charge in [-0.1, -0.05) is 6.07 Å². The molecule has 0 spiro atoms. The Kier molecular flexibility index (Phi) is 6.31. The number of phenolic OH excluding ortho intramolecular Hbond substituents is 1. The second kappa shape index (κ2) is 9.31. The molecule has 0 radical (unpaired) electrons. The number of primary amides is 1. The number of hydrogen-bond acceptors (Lipinski definition) is 12. The first kappa shape index (κ1) is 27.1. The first-order chi connectivity index (χ1) is 18.9. The number of benzene rings is 1. The minimum absolute atomic E-state index is 0.0306. The van der Waals surface area contributed by atoms with Gasteiger partial charge in [0.05, 0.1) is 31.4 Å². The summed E-state index contributed by atoms with van der Waals surface area (Å²) in [7, 11) is 5.90. The lowest BCUT2D eigenvalue weighted by atomic mass is 9.57. The highest BCUT2D eigenvalue weighted by molar-refractivity contribution is 6.24. The van der Waals surface area contributed by atoms with Crippen LogP contribution in [0.1, 0.15) is 17.5 Å². The third-order valence-corrected chi connectivity index (χ3v) is 8.00. The number of Topliss-reactive ketones (excluding diaryl/α,β-unsaturated/α-hetero) is 2. The van der Waals surface area contributed by atoms with E-state index in [2.05, 4.69) is 9.97 Å². The number of rotatable bonds is 5. The van der Waals surface area contributed by atoms with Gasteiger partial charge in [0, 0.05) is 17.7 Å². The first-order valence-electron chi connectivity index (χ1n) is 12.3. The van der Waals surface area contributed by atoms with E-state index in [9.17, 15) is 34.8 Å². The molecule has 1 saturated carbocycles. The maximum absolute atomic E-state index is 13.9. The van der Waals surface area contributed by atoms with Gasteiger partial charge < -0.3 is 35.6 Å². The molecule has 3 aliphatic carbocycles. The van der Waals surface area contributed by atoms with Crippen LogP contribution < -0.4 is 15.2 Å². The number of nitrogens with two attached hydrogens (primary N) is 1. The van der Waals surface area contributed by atoms with Crippen molar-refractivity contribution in [3.63, 3.8) is 0 Å². The molecule has 1 aromatic carbocycles. The van der Waals surface area contributed by atoms with Crippen LogP contribution in [0.15, 0.2) is 35.2 Å². The number of amides is 1. The second-order valence-electron chi connectivity index (χ2n) is 10.2. The monoisotopic (exact) mass is 552 g/mol. The predicted octanol–water partition coefficient (Wildman–Crippen LogP) is 0.438. The quantitative estimate of drug-likeness (QED) is 0.320. The largest absolute Gasteiger partial charge is 0.508 e. The minimum atomic E-state index is -2.70. The molecule has 2 aromatic rings. The Morgan fingerprint density at radius 2 is 1.82 bits per heavy atom. The molecular weight excluding hydrogens is 524 g/mol. The van der Waals surface area contributed by atoms with E-state index in [0.717, 1.165) is 0 Å². The third kappa shape index (κ3) is 3.58. The number of aromatic nitrogens is 2. The SMILES string of the molecule is COc1ncc(-c2ccc(O)c3c2C[C@@H]2C[C@@H]4[C@@H](N(C)C)C(=O)C(C(N)=O)=C(O)[C@]4(O)C(=O)C2=C3O)c(OC)n1. The maximum atomic E-state index is 13.9. The molecule has 4 atom stereocenters. The van der Waals surface area contributed by atoms with Crippen LogP contribution in [0, 0.1) is 11.8 Å². The first-order valence-corrected chi connectivity index (χ1v) is 12.3. The molecule has 13 heteroatoms. The molecule has 1 amide bonds. The van der Waals surface area contributed by atoms with Crippen LogP contribution in [0.5, 0.6) is 17.6 Å². The average molecular weight is 553 g/mol. The summed E-state index contributed by atoms with van der Waals surface area (Å²) in [6.07, 6.45) is 1.54. The number of carbonyl (C=O) groups excluding carboxylic acids is 3. The number of aliphatic hydroxyl groups excluding tert-OH is 2. The number of ketones is 2. The summed E-state index contributed by atoms with van der Waals surface area (Å²) in [4.78, 5) is 49.1. The van der Waals surface area contributed by atoms with E-state index in [4.69, 9.17) is 15.2 Å². The molecule has 0 aliphatic heterocycles. The maximum Gasteiger partial charge on any atom is 0.319 e. The summed E-state index contributed by atoms with van der Waals surface area (Å²) in [6, 6.07) is 1.82. The molecule has 13 nitrogen and oxygen atoms in total. The zero-order chi connectivity index (χ0) is 29.3. The van der Waals surface area contributed by atoms with Gasteiger partial charge in [-0.3, -0.25) is 19.3 Å². The Hall–Kier alpha value is -4.49. The number of aliphatic hydroxyl groups is 3. The number of ether oxygens (including phenoxy) is 2. The highest BCUT2D eigenvalue weighted by Crippen LogP contribution is 2.54. The summed E-state index contributed by atoms with van der Waals surface area (Å²) < 4.78 is 10.5. The van der Waals surface area contributed by atoms with Crippen molar-refractivity contribution < 1.29 is 44.3 Å². The summed E-state index contributed by atoms with van der Waals surface area (Å²) in [5.41, 5.74) is 2.89. The van der Waals surface area contributed by atoms with Gasteiger partial charge in [-0.2, -0.15) is 4.98 Å². The van der Waals surface area contributed by atoms with Crippen molar-refractivity contribution in [1.82, 2.24) is 14.9 Å². The second-order valence-corrected chi connectivity index (χ2v) is 10.2. The van der Waals surface area contributed by atoms with Gasteiger partial charge in [0.2, 0.25) is 11.7 Å². The van der Waals surface area contributed by atoms with Gasteiger partial charge in [0.15, 0.2) is 11.4 Å². The summed E-state index contributed by atoms with van der Waals surface area (Å²) in [5, 5.41) is 44.8. The zero-order valence-corrected chi connectivity index (χ0v) is 22.1. The van der Waals surface area contributed by atoms with Crippen LogP contribution in [-0.4, -0.2) is 92.7 Å². The van der Waals surface area contributed by atoms with Crippen LogP contribution in [-0.2, 0) is 20.8 Å². The Morgan fingerprint density at radius 1 is 1.12 bits per heavy atom. The predicted molar refractivity (Wildman–Crippen MR) is 138 cm³/mol. The Labute approximate surface area is 228 Å². The van der Waals surface area contributed by atoms with Gasteiger partial charge in [-0.15, -0.1) is 0 Å². The fourth-order valence-corrected chi connectivity index (χ4v) is 6.29. The standard InChI is InChI=1S/C27H28N4O9/c1-31(2)19-14-8-10-7-12-11(13-9-29-26(40-4)30-25(13)39-3)5-6-15(32)17(12)20(33)16(10)22(35)27(14,38)23(36)18(21(19)34)24(28)37/h5-6,9-10,14,19,32-33,36,38H,7-8H2,1-4H3,(H2,28,37)/t10-,14-,19-,27-/m1/s1. The number of aromatic hydroxyl groups is 1. The van der Waals surface area contributed by atoms with Crippen LogP contribution in [0.2, 0.25) is 0 Å². The van der Waals surface area contributed by atoms with Crippen molar-refractivity contribution in [2.45, 2.75) is 24.5 Å². The molecule has 210 valence electrons. The van der Waals surface area contributed by atoms with Crippen LogP contribution in [0.25, 0.3) is 16.9 Å². The normalized spacial score (nSPS) is 25.9. The lowest BCUT2D eigenvalue weighted by Crippen LogP contribution is -2.65. The van der Waals surface area contributed by atoms with Crippen molar-refractivity contribution in [1.29, 1.82) is 0 Å². The highest BCUT2D eigenvalue weighted by atomic mass is 16.5. The van der Waals surface area contributed by atoms with E-state index in [1.165, 1.54) is 31.4 Å². The Morgan fingerprint density at radius 3 is 2.42 bits per heavy atom.